The molecule has 0 nitrogen and oxygen atoms in total. The quantitative estimate of drug-likeness (QED) is 0.607. The van der Waals surface area contributed by atoms with Crippen molar-refractivity contribution in [3.05, 3.63) is 33.7 Å². The Kier molecular flexibility index (Phi) is 2.22. The number of benzene rings is 1. The molecule has 1 aliphatic rings. The van der Waals surface area contributed by atoms with Crippen LogP contribution in [0.3, 0.4) is 0 Å². The Labute approximate surface area is 79.6 Å². The molecule has 0 spiro atoms. The van der Waals surface area contributed by atoms with Gasteiger partial charge in [-0.05, 0) is 47.8 Å². The summed E-state index contributed by atoms with van der Waals surface area (Å²) >= 11 is 0. The van der Waals surface area contributed by atoms with Crippen LogP contribution in [-0.2, 0) is 6.42 Å². The van der Waals surface area contributed by atoms with Crippen molar-refractivity contribution in [2.45, 2.75) is 33.1 Å². The largest absolute Gasteiger partial charge is 0.0761 e. The molecular weight excluding hydrogens is 156 g/mol. The fraction of sp³-hybridized carbons (Fsp3) is 0.385. The van der Waals surface area contributed by atoms with Crippen LogP contribution >= 0.6 is 0 Å². The summed E-state index contributed by atoms with van der Waals surface area (Å²) in [5.74, 6) is 0. The van der Waals surface area contributed by atoms with Crippen LogP contribution in [-0.4, -0.2) is 0 Å². The molecule has 0 bridgehead atoms. The molecule has 1 aromatic rings. The lowest BCUT2D eigenvalue weighted by Gasteiger charge is -2.07. The van der Waals surface area contributed by atoms with Crippen LogP contribution in [0, 0.1) is 6.92 Å². The van der Waals surface area contributed by atoms with E-state index in [4.69, 9.17) is 0 Å². The van der Waals surface area contributed by atoms with Gasteiger partial charge < -0.3 is 0 Å². The van der Waals surface area contributed by atoms with Crippen molar-refractivity contribution in [1.29, 1.82) is 0 Å². The molecule has 0 amide bonds. The second-order valence-electron chi connectivity index (χ2n) is 3.71. The first-order valence-electron chi connectivity index (χ1n) is 5.12. The first-order valence-corrected chi connectivity index (χ1v) is 5.12. The molecule has 13 heavy (non-hydrogen) atoms. The van der Waals surface area contributed by atoms with Crippen molar-refractivity contribution < 1.29 is 0 Å². The van der Waals surface area contributed by atoms with Gasteiger partial charge >= 0.3 is 0 Å². The molecule has 0 atom stereocenters. The van der Waals surface area contributed by atoms with Crippen LogP contribution in [0.25, 0.3) is 12.2 Å². The molecule has 0 N–H and O–H groups in total. The fourth-order valence-electron chi connectivity index (χ4n) is 2.07. The van der Waals surface area contributed by atoms with Crippen molar-refractivity contribution in [2.24, 2.45) is 0 Å². The second kappa shape index (κ2) is 3.37. The van der Waals surface area contributed by atoms with Gasteiger partial charge in [-0.1, -0.05) is 31.2 Å². The predicted octanol–water partition coefficient (Wildman–Crippen LogP) is 1.91. The van der Waals surface area contributed by atoms with E-state index in [9.17, 15) is 0 Å². The van der Waals surface area contributed by atoms with Crippen molar-refractivity contribution in [1.82, 2.24) is 0 Å². The smallest absolute Gasteiger partial charge is 0.0192 e. The lowest BCUT2D eigenvalue weighted by molar-refractivity contribution is 1.06. The van der Waals surface area contributed by atoms with Crippen LogP contribution in [0.4, 0.5) is 0 Å². The Morgan fingerprint density at radius 2 is 1.77 bits per heavy atom. The van der Waals surface area contributed by atoms with Gasteiger partial charge in [-0.3, -0.25) is 0 Å². The highest BCUT2D eigenvalue weighted by atomic mass is 14.0. The summed E-state index contributed by atoms with van der Waals surface area (Å²) in [6.07, 6.45) is 8.34. The van der Waals surface area contributed by atoms with Gasteiger partial charge in [-0.15, -0.1) is 0 Å². The minimum atomic E-state index is 1.15. The molecular formula is C13H16. The molecule has 0 heteroatoms. The third-order valence-electron chi connectivity index (χ3n) is 2.84. The Morgan fingerprint density at radius 1 is 1.08 bits per heavy atom. The van der Waals surface area contributed by atoms with E-state index in [0.29, 0.717) is 0 Å². The lowest BCUT2D eigenvalue weighted by atomic mass is 9.98. The zero-order chi connectivity index (χ0) is 9.26. The Bertz CT molecular complexity index is 424. The normalized spacial score (nSPS) is 14.3. The molecule has 68 valence electrons. The SMILES string of the molecule is CCc1ccc(C)c2c1=CCCC=2. The number of hydrogen-bond donors (Lipinski definition) is 0. The summed E-state index contributed by atoms with van der Waals surface area (Å²) in [5, 5.41) is 2.97. The van der Waals surface area contributed by atoms with E-state index < -0.39 is 0 Å². The molecule has 0 fully saturated rings. The van der Waals surface area contributed by atoms with Crippen molar-refractivity contribution in [3.63, 3.8) is 0 Å². The van der Waals surface area contributed by atoms with Crippen molar-refractivity contribution in [2.75, 3.05) is 0 Å². The average molecular weight is 172 g/mol. The van der Waals surface area contributed by atoms with Gasteiger partial charge in [-0.25, -0.2) is 0 Å². The average Bonchev–Trinajstić information content (AvgIpc) is 2.19. The number of aryl methyl sites for hydroxylation is 2. The van der Waals surface area contributed by atoms with Crippen LogP contribution in [0.2, 0.25) is 0 Å². The standard InChI is InChI=1S/C13H16/c1-3-11-9-8-10(2)12-6-4-5-7-13(11)12/h6-9H,3-5H2,1-2H3. The molecule has 0 saturated heterocycles. The Balaban J connectivity index is 2.83. The van der Waals surface area contributed by atoms with Crippen molar-refractivity contribution in [3.8, 4) is 0 Å². The third kappa shape index (κ3) is 1.41. The van der Waals surface area contributed by atoms with E-state index in [1.54, 1.807) is 0 Å². The third-order valence-corrected chi connectivity index (χ3v) is 2.84. The van der Waals surface area contributed by atoms with Crippen LogP contribution in [0.15, 0.2) is 12.1 Å². The fourth-order valence-corrected chi connectivity index (χ4v) is 2.07. The van der Waals surface area contributed by atoms with Gasteiger partial charge in [0.15, 0.2) is 0 Å². The highest BCUT2D eigenvalue weighted by Crippen LogP contribution is 2.00. The van der Waals surface area contributed by atoms with Crippen LogP contribution < -0.4 is 10.4 Å². The maximum absolute atomic E-state index is 2.39. The molecule has 0 heterocycles. The van der Waals surface area contributed by atoms with Gasteiger partial charge in [0.2, 0.25) is 0 Å². The summed E-state index contributed by atoms with van der Waals surface area (Å²) in [6, 6.07) is 4.51. The molecule has 1 aromatic carbocycles. The van der Waals surface area contributed by atoms with E-state index in [1.165, 1.54) is 34.4 Å². The van der Waals surface area contributed by atoms with Gasteiger partial charge in [0.25, 0.3) is 0 Å². The van der Waals surface area contributed by atoms with E-state index >= 15 is 0 Å². The van der Waals surface area contributed by atoms with Gasteiger partial charge in [-0.2, -0.15) is 0 Å². The predicted molar refractivity (Wildman–Crippen MR) is 58.0 cm³/mol. The molecule has 2 rings (SSSR count). The Morgan fingerprint density at radius 3 is 2.46 bits per heavy atom. The van der Waals surface area contributed by atoms with Crippen molar-refractivity contribution >= 4 is 12.2 Å². The van der Waals surface area contributed by atoms with Crippen LogP contribution in [0.5, 0.6) is 0 Å². The number of fused-ring (bicyclic) bond motifs is 1. The highest BCUT2D eigenvalue weighted by molar-refractivity contribution is 5.44. The summed E-state index contributed by atoms with van der Waals surface area (Å²) in [6.45, 7) is 4.43. The zero-order valence-corrected chi connectivity index (χ0v) is 8.43. The minimum Gasteiger partial charge on any atom is -0.0761 e. The molecule has 0 aromatic heterocycles. The molecule has 0 saturated carbocycles. The summed E-state index contributed by atoms with van der Waals surface area (Å²) in [4.78, 5) is 0. The van der Waals surface area contributed by atoms with E-state index in [0.717, 1.165) is 6.42 Å². The summed E-state index contributed by atoms with van der Waals surface area (Å²) < 4.78 is 0. The molecule has 0 radical (unpaired) electrons. The second-order valence-corrected chi connectivity index (χ2v) is 3.71. The van der Waals surface area contributed by atoms with Gasteiger partial charge in [0.1, 0.15) is 0 Å². The minimum absolute atomic E-state index is 1.15. The maximum Gasteiger partial charge on any atom is -0.0192 e. The molecule has 0 aliphatic heterocycles. The van der Waals surface area contributed by atoms with Gasteiger partial charge in [0, 0.05) is 0 Å². The molecule has 0 unspecified atom stereocenters. The van der Waals surface area contributed by atoms with E-state index in [-0.39, 0.29) is 0 Å². The maximum atomic E-state index is 2.39. The first kappa shape index (κ1) is 8.55. The van der Waals surface area contributed by atoms with Gasteiger partial charge in [0.05, 0.1) is 0 Å². The van der Waals surface area contributed by atoms with E-state index in [2.05, 4.69) is 38.1 Å². The lowest BCUT2D eigenvalue weighted by Crippen LogP contribution is -2.32. The summed E-state index contributed by atoms with van der Waals surface area (Å²) in [5.41, 5.74) is 2.92. The number of rotatable bonds is 1. The van der Waals surface area contributed by atoms with Crippen LogP contribution in [0.1, 0.15) is 30.9 Å². The Hall–Kier alpha value is -1.04. The zero-order valence-electron chi connectivity index (χ0n) is 8.43. The molecule has 1 aliphatic carbocycles. The summed E-state index contributed by atoms with van der Waals surface area (Å²) in [7, 11) is 0. The number of hydrogen-bond acceptors (Lipinski definition) is 0. The topological polar surface area (TPSA) is 0 Å². The highest BCUT2D eigenvalue weighted by Gasteiger charge is 2.00. The monoisotopic (exact) mass is 172 g/mol. The first-order chi connectivity index (χ1) is 6.33. The van der Waals surface area contributed by atoms with E-state index in [1.807, 2.05) is 0 Å².